The van der Waals surface area contributed by atoms with Gasteiger partial charge in [0.1, 0.15) is 6.61 Å². The van der Waals surface area contributed by atoms with Crippen LogP contribution in [0.25, 0.3) is 0 Å². The van der Waals surface area contributed by atoms with Crippen LogP contribution in [0.3, 0.4) is 0 Å². The Morgan fingerprint density at radius 1 is 1.00 bits per heavy atom. The predicted molar refractivity (Wildman–Crippen MR) is 116 cm³/mol. The van der Waals surface area contributed by atoms with Crippen molar-refractivity contribution in [1.29, 1.82) is 0 Å². The summed E-state index contributed by atoms with van der Waals surface area (Å²) in [6.07, 6.45) is -0.0185. The summed E-state index contributed by atoms with van der Waals surface area (Å²) in [5, 5.41) is -0.147. The molecule has 0 aromatic heterocycles. The van der Waals surface area contributed by atoms with Crippen LogP contribution in [0.15, 0.2) is 54.6 Å². The zero-order valence-electron chi connectivity index (χ0n) is 17.0. The Morgan fingerprint density at radius 3 is 2.23 bits per heavy atom. The van der Waals surface area contributed by atoms with Gasteiger partial charge < -0.3 is 9.64 Å². The number of carbonyl (C=O) groups is 4. The minimum Gasteiger partial charge on any atom is -0.445 e. The van der Waals surface area contributed by atoms with Crippen molar-refractivity contribution in [2.24, 2.45) is 0 Å². The number of ether oxygens (including phenoxy) is 1. The third kappa shape index (κ3) is 4.49. The summed E-state index contributed by atoms with van der Waals surface area (Å²) >= 11 is 1.17. The fourth-order valence-corrected chi connectivity index (χ4v) is 5.03. The molecule has 1 saturated heterocycles. The first kappa shape index (κ1) is 21.1. The van der Waals surface area contributed by atoms with Gasteiger partial charge >= 0.3 is 6.09 Å². The summed E-state index contributed by atoms with van der Waals surface area (Å²) in [5.41, 5.74) is 1.61. The topological polar surface area (TPSA) is 84.0 Å². The van der Waals surface area contributed by atoms with E-state index in [0.717, 1.165) is 5.56 Å². The van der Waals surface area contributed by atoms with E-state index in [2.05, 4.69) is 0 Å². The van der Waals surface area contributed by atoms with Crippen molar-refractivity contribution < 1.29 is 23.9 Å². The van der Waals surface area contributed by atoms with Crippen LogP contribution in [0, 0.1) is 0 Å². The van der Waals surface area contributed by atoms with E-state index in [4.69, 9.17) is 4.74 Å². The fourth-order valence-electron chi connectivity index (χ4n) is 4.01. The molecule has 2 aromatic carbocycles. The molecular weight excluding hydrogens is 416 g/mol. The highest BCUT2D eigenvalue weighted by atomic mass is 32.2. The summed E-state index contributed by atoms with van der Waals surface area (Å²) in [4.78, 5) is 52.7. The number of benzene rings is 2. The van der Waals surface area contributed by atoms with E-state index < -0.39 is 12.1 Å². The maximum absolute atomic E-state index is 12.8. The van der Waals surface area contributed by atoms with Gasteiger partial charge in [-0.25, -0.2) is 4.79 Å². The first-order chi connectivity index (χ1) is 14.9. The molecule has 7 nitrogen and oxygen atoms in total. The number of amides is 3. The molecule has 8 heteroatoms. The van der Waals surface area contributed by atoms with E-state index >= 15 is 0 Å². The van der Waals surface area contributed by atoms with Crippen molar-refractivity contribution in [2.45, 2.75) is 31.2 Å². The van der Waals surface area contributed by atoms with Crippen LogP contribution < -0.4 is 0 Å². The fraction of sp³-hybridized carbons (Fsp3) is 0.304. The number of rotatable bonds is 5. The van der Waals surface area contributed by atoms with Crippen LogP contribution in [0.2, 0.25) is 0 Å². The number of imide groups is 1. The third-order valence-electron chi connectivity index (χ3n) is 5.42. The molecule has 1 fully saturated rings. The second-order valence-corrected chi connectivity index (χ2v) is 9.06. The van der Waals surface area contributed by atoms with E-state index in [1.807, 2.05) is 30.3 Å². The Kier molecular flexibility index (Phi) is 6.08. The van der Waals surface area contributed by atoms with Crippen molar-refractivity contribution in [3.8, 4) is 0 Å². The minimum absolute atomic E-state index is 0.0380. The van der Waals surface area contributed by atoms with Gasteiger partial charge in [-0.05, 0) is 24.1 Å². The predicted octanol–water partition coefficient (Wildman–Crippen LogP) is 3.34. The number of likely N-dealkylation sites (tertiary alicyclic amines) is 1. The molecule has 2 heterocycles. The Balaban J connectivity index is 1.48. The second kappa shape index (κ2) is 8.93. The normalized spacial score (nSPS) is 20.2. The lowest BCUT2D eigenvalue weighted by molar-refractivity contribution is -0.109. The smallest absolute Gasteiger partial charge is 0.410 e. The summed E-state index contributed by atoms with van der Waals surface area (Å²) < 4.78 is 5.48. The monoisotopic (exact) mass is 438 g/mol. The Labute approximate surface area is 184 Å². The number of carbonyl (C=O) groups excluding carboxylic acids is 4. The zero-order valence-corrected chi connectivity index (χ0v) is 17.8. The molecule has 2 aliphatic heterocycles. The highest BCUT2D eigenvalue weighted by Crippen LogP contribution is 2.31. The molecule has 4 rings (SSSR count). The van der Waals surface area contributed by atoms with Crippen molar-refractivity contribution >= 4 is 34.8 Å². The number of hydrogen-bond donors (Lipinski definition) is 0. The van der Waals surface area contributed by atoms with Crippen LogP contribution in [-0.2, 0) is 16.1 Å². The van der Waals surface area contributed by atoms with Crippen LogP contribution in [0.5, 0.6) is 0 Å². The lowest BCUT2D eigenvalue weighted by Crippen LogP contribution is -2.45. The standard InChI is InChI=1S/C23H22N2O5S/c1-15(26)31-18-11-17(12-25-21(27)19-9-5-6-10-20(19)22(25)28)24(13-18)23(29)30-14-16-7-3-2-4-8-16/h2-10,17-18H,11-14H2,1H3. The molecule has 0 aliphatic carbocycles. The summed E-state index contributed by atoms with van der Waals surface area (Å²) in [6, 6.07) is 15.6. The molecule has 31 heavy (non-hydrogen) atoms. The molecule has 0 radical (unpaired) electrons. The number of nitrogens with zero attached hydrogens (tertiary/aromatic N) is 2. The molecule has 0 saturated carbocycles. The SMILES string of the molecule is CC(=O)SC1CC(CN2C(=O)c3ccccc3C2=O)N(C(=O)OCc2ccccc2)C1. The molecule has 2 atom stereocenters. The Morgan fingerprint density at radius 2 is 1.61 bits per heavy atom. The van der Waals surface area contributed by atoms with E-state index in [0.29, 0.717) is 24.1 Å². The Hall–Kier alpha value is -3.13. The summed E-state index contributed by atoms with van der Waals surface area (Å²) in [6.45, 7) is 2.01. The van der Waals surface area contributed by atoms with Gasteiger partial charge in [-0.15, -0.1) is 0 Å². The molecule has 2 unspecified atom stereocenters. The molecule has 2 aliphatic rings. The van der Waals surface area contributed by atoms with E-state index in [-0.39, 0.29) is 35.3 Å². The second-order valence-electron chi connectivity index (χ2n) is 7.58. The zero-order chi connectivity index (χ0) is 22.0. The number of hydrogen-bond acceptors (Lipinski definition) is 6. The van der Waals surface area contributed by atoms with Gasteiger partial charge in [-0.2, -0.15) is 0 Å². The molecule has 0 spiro atoms. The van der Waals surface area contributed by atoms with Gasteiger partial charge in [-0.3, -0.25) is 19.3 Å². The summed E-state index contributed by atoms with van der Waals surface area (Å²) in [7, 11) is 0. The van der Waals surface area contributed by atoms with Gasteiger partial charge in [0.2, 0.25) is 0 Å². The van der Waals surface area contributed by atoms with Crippen LogP contribution >= 0.6 is 11.8 Å². The average Bonchev–Trinajstić information content (AvgIpc) is 3.27. The molecule has 2 aromatic rings. The maximum atomic E-state index is 12.8. The van der Waals surface area contributed by atoms with E-state index in [9.17, 15) is 19.2 Å². The molecular formula is C23H22N2O5S. The minimum atomic E-state index is -0.517. The van der Waals surface area contributed by atoms with Gasteiger partial charge in [0.05, 0.1) is 17.2 Å². The van der Waals surface area contributed by atoms with Crippen LogP contribution in [0.1, 0.15) is 39.6 Å². The first-order valence-electron chi connectivity index (χ1n) is 10.0. The van der Waals surface area contributed by atoms with Gasteiger partial charge in [0, 0.05) is 25.3 Å². The number of fused-ring (bicyclic) bond motifs is 1. The highest BCUT2D eigenvalue weighted by molar-refractivity contribution is 8.14. The first-order valence-corrected chi connectivity index (χ1v) is 10.9. The lowest BCUT2D eigenvalue weighted by Gasteiger charge is -2.27. The molecule has 160 valence electrons. The van der Waals surface area contributed by atoms with Crippen molar-refractivity contribution in [2.75, 3.05) is 13.1 Å². The molecule has 3 amide bonds. The van der Waals surface area contributed by atoms with Crippen LogP contribution in [0.4, 0.5) is 4.79 Å². The van der Waals surface area contributed by atoms with E-state index in [1.54, 1.807) is 24.3 Å². The maximum Gasteiger partial charge on any atom is 0.410 e. The Bertz CT molecular complexity index is 991. The number of thioether (sulfide) groups is 1. The van der Waals surface area contributed by atoms with E-state index in [1.165, 1.54) is 28.5 Å². The average molecular weight is 439 g/mol. The lowest BCUT2D eigenvalue weighted by atomic mass is 10.1. The van der Waals surface area contributed by atoms with Crippen molar-refractivity contribution in [3.05, 3.63) is 71.3 Å². The molecule has 0 N–H and O–H groups in total. The van der Waals surface area contributed by atoms with Gasteiger partial charge in [-0.1, -0.05) is 54.2 Å². The quantitative estimate of drug-likeness (QED) is 0.666. The van der Waals surface area contributed by atoms with Crippen molar-refractivity contribution in [1.82, 2.24) is 9.80 Å². The van der Waals surface area contributed by atoms with Crippen LogP contribution in [-0.4, -0.2) is 57.2 Å². The molecule has 0 bridgehead atoms. The van der Waals surface area contributed by atoms with Gasteiger partial charge in [0.15, 0.2) is 5.12 Å². The van der Waals surface area contributed by atoms with Crippen molar-refractivity contribution in [3.63, 3.8) is 0 Å². The highest BCUT2D eigenvalue weighted by Gasteiger charge is 2.42. The summed E-state index contributed by atoms with van der Waals surface area (Å²) in [5.74, 6) is -0.721. The third-order valence-corrected chi connectivity index (χ3v) is 6.43. The largest absolute Gasteiger partial charge is 0.445 e. The van der Waals surface area contributed by atoms with Gasteiger partial charge in [0.25, 0.3) is 11.8 Å².